The Kier molecular flexibility index (Phi) is 2.91. The fourth-order valence-electron chi connectivity index (χ4n) is 9.97. The van der Waals surface area contributed by atoms with Gasteiger partial charge in [0.1, 0.15) is 0 Å². The highest BCUT2D eigenvalue weighted by Gasteiger charge is 2.54. The van der Waals surface area contributed by atoms with E-state index in [1.165, 1.54) is 38.5 Å². The molecule has 1 aromatic carbocycles. The molecule has 137 valence electrons. The quantitative estimate of drug-likeness (QED) is 0.580. The van der Waals surface area contributed by atoms with Gasteiger partial charge in [-0.2, -0.15) is 0 Å². The van der Waals surface area contributed by atoms with Crippen LogP contribution in [-0.2, 0) is 10.8 Å². The predicted octanol–water partition coefficient (Wildman–Crippen LogP) is 6.42. The lowest BCUT2D eigenvalue weighted by Gasteiger charge is -2.58. The van der Waals surface area contributed by atoms with E-state index in [0.717, 1.165) is 35.5 Å². The van der Waals surface area contributed by atoms with Gasteiger partial charge in [-0.3, -0.25) is 0 Å². The van der Waals surface area contributed by atoms with E-state index in [1.807, 2.05) is 0 Å². The third kappa shape index (κ3) is 2.03. The smallest absolute Gasteiger partial charge is 0.00328 e. The first-order valence-corrected chi connectivity index (χ1v) is 11.7. The van der Waals surface area contributed by atoms with E-state index in [2.05, 4.69) is 24.3 Å². The Hall–Kier alpha value is -0.780. The van der Waals surface area contributed by atoms with Gasteiger partial charge < -0.3 is 0 Å². The summed E-state index contributed by atoms with van der Waals surface area (Å²) in [6, 6.07) is 11.6. The van der Waals surface area contributed by atoms with Crippen molar-refractivity contribution < 1.29 is 0 Å². The summed E-state index contributed by atoms with van der Waals surface area (Å²) >= 11 is 0. The van der Waals surface area contributed by atoms with Crippen molar-refractivity contribution >= 4 is 0 Å². The number of benzene rings is 1. The van der Waals surface area contributed by atoms with Crippen LogP contribution in [0.25, 0.3) is 0 Å². The van der Waals surface area contributed by atoms with Gasteiger partial charge in [-0.25, -0.2) is 0 Å². The molecule has 8 saturated carbocycles. The number of rotatable bonds is 2. The molecule has 0 unspecified atom stereocenters. The SMILES string of the molecule is [c]1c(C23CC4CC(CC(C4)C2)C3)cccc1C12CC3CC(CC(C3)C1)C2. The fraction of sp³-hybridized carbons (Fsp3) is 0.769. The molecule has 0 N–H and O–H groups in total. The van der Waals surface area contributed by atoms with Crippen molar-refractivity contribution in [2.75, 3.05) is 0 Å². The lowest BCUT2D eigenvalue weighted by molar-refractivity contribution is -0.00860. The van der Waals surface area contributed by atoms with Gasteiger partial charge in [-0.1, -0.05) is 18.2 Å². The summed E-state index contributed by atoms with van der Waals surface area (Å²) < 4.78 is 0. The summed E-state index contributed by atoms with van der Waals surface area (Å²) in [5.74, 6) is 6.24. The van der Waals surface area contributed by atoms with E-state index in [1.54, 1.807) is 49.7 Å². The molecule has 0 saturated heterocycles. The van der Waals surface area contributed by atoms with Crippen molar-refractivity contribution in [2.24, 2.45) is 35.5 Å². The Labute approximate surface area is 159 Å². The van der Waals surface area contributed by atoms with Crippen LogP contribution in [0.1, 0.15) is 88.2 Å². The summed E-state index contributed by atoms with van der Waals surface area (Å²) in [5.41, 5.74) is 4.33. The van der Waals surface area contributed by atoms with E-state index in [0.29, 0.717) is 10.8 Å². The summed E-state index contributed by atoms with van der Waals surface area (Å²) in [4.78, 5) is 0. The molecule has 0 aromatic heterocycles. The van der Waals surface area contributed by atoms with Crippen molar-refractivity contribution in [3.8, 4) is 0 Å². The Morgan fingerprint density at radius 3 is 1.15 bits per heavy atom. The van der Waals surface area contributed by atoms with Gasteiger partial charge in [-0.15, -0.1) is 0 Å². The summed E-state index contributed by atoms with van der Waals surface area (Å²) in [5, 5.41) is 0. The zero-order valence-corrected chi connectivity index (χ0v) is 16.2. The highest BCUT2D eigenvalue weighted by molar-refractivity contribution is 5.37. The molecule has 8 fully saturated rings. The first-order chi connectivity index (χ1) is 12.7. The fourth-order valence-corrected chi connectivity index (χ4v) is 9.97. The molecule has 8 aliphatic carbocycles. The Morgan fingerprint density at radius 2 is 0.846 bits per heavy atom. The van der Waals surface area contributed by atoms with Gasteiger partial charge in [0.2, 0.25) is 0 Å². The highest BCUT2D eigenvalue weighted by atomic mass is 14.6. The topological polar surface area (TPSA) is 0 Å². The molecular weight excluding hydrogens is 312 g/mol. The van der Waals surface area contributed by atoms with Crippen molar-refractivity contribution in [1.82, 2.24) is 0 Å². The molecule has 0 heteroatoms. The lowest BCUT2D eigenvalue weighted by Crippen LogP contribution is -2.50. The zero-order chi connectivity index (χ0) is 16.9. The van der Waals surface area contributed by atoms with E-state index >= 15 is 0 Å². The third-order valence-electron chi connectivity index (χ3n) is 10.0. The average Bonchev–Trinajstić information content (AvgIpc) is 2.60. The molecule has 8 bridgehead atoms. The molecule has 0 amide bonds. The van der Waals surface area contributed by atoms with Crippen molar-refractivity contribution in [3.63, 3.8) is 0 Å². The molecule has 0 heterocycles. The largest absolute Gasteiger partial charge is 0.0616 e. The van der Waals surface area contributed by atoms with Crippen LogP contribution < -0.4 is 0 Å². The van der Waals surface area contributed by atoms with Crippen LogP contribution in [0, 0.1) is 41.6 Å². The lowest BCUT2D eigenvalue weighted by atomic mass is 9.46. The maximum absolute atomic E-state index is 4.16. The molecule has 26 heavy (non-hydrogen) atoms. The van der Waals surface area contributed by atoms with Gasteiger partial charge >= 0.3 is 0 Å². The van der Waals surface area contributed by atoms with Gasteiger partial charge in [0.15, 0.2) is 0 Å². The second-order valence-corrected chi connectivity index (χ2v) is 11.9. The molecule has 0 nitrogen and oxygen atoms in total. The van der Waals surface area contributed by atoms with Crippen molar-refractivity contribution in [3.05, 3.63) is 35.4 Å². The monoisotopic (exact) mass is 345 g/mol. The van der Waals surface area contributed by atoms with E-state index in [4.69, 9.17) is 0 Å². The van der Waals surface area contributed by atoms with Crippen LogP contribution in [0.4, 0.5) is 0 Å². The van der Waals surface area contributed by atoms with Crippen molar-refractivity contribution in [1.29, 1.82) is 0 Å². The standard InChI is InChI=1S/C26H33/c1-2-23(25-11-17-4-18(12-25)6-19(5-17)13-25)10-24(3-1)26-14-20-7-21(15-26)9-22(8-20)16-26/h1-3,17-22H,4-9,11-16H2. The van der Waals surface area contributed by atoms with Crippen LogP contribution in [0.3, 0.4) is 0 Å². The minimum absolute atomic E-state index is 0.521. The molecule has 9 rings (SSSR count). The van der Waals surface area contributed by atoms with E-state index < -0.39 is 0 Å². The van der Waals surface area contributed by atoms with Crippen LogP contribution in [0.5, 0.6) is 0 Å². The molecule has 0 aliphatic heterocycles. The Morgan fingerprint density at radius 1 is 0.538 bits per heavy atom. The molecule has 1 aromatic rings. The van der Waals surface area contributed by atoms with Gasteiger partial charge in [0, 0.05) is 0 Å². The average molecular weight is 346 g/mol. The maximum atomic E-state index is 4.16. The molecule has 0 spiro atoms. The summed E-state index contributed by atoms with van der Waals surface area (Å²) in [7, 11) is 0. The minimum atomic E-state index is 0.521. The summed E-state index contributed by atoms with van der Waals surface area (Å²) in [6.45, 7) is 0. The zero-order valence-electron chi connectivity index (χ0n) is 16.2. The second kappa shape index (κ2) is 4.98. The van der Waals surface area contributed by atoms with E-state index in [-0.39, 0.29) is 0 Å². The first-order valence-electron chi connectivity index (χ1n) is 11.7. The molecule has 1 radical (unpaired) electrons. The molecule has 8 aliphatic rings. The number of hydrogen-bond acceptors (Lipinski definition) is 0. The van der Waals surface area contributed by atoms with Crippen molar-refractivity contribution in [2.45, 2.75) is 87.9 Å². The van der Waals surface area contributed by atoms with E-state index in [9.17, 15) is 0 Å². The van der Waals surface area contributed by atoms with Gasteiger partial charge in [0.05, 0.1) is 0 Å². The highest BCUT2D eigenvalue weighted by Crippen LogP contribution is 2.63. The normalized spacial score (nSPS) is 53.4. The Bertz CT molecular complexity index is 610. The minimum Gasteiger partial charge on any atom is -0.0616 e. The van der Waals surface area contributed by atoms with Crippen LogP contribution in [-0.4, -0.2) is 0 Å². The van der Waals surface area contributed by atoms with Crippen LogP contribution >= 0.6 is 0 Å². The first kappa shape index (κ1) is 15.2. The number of hydrogen-bond donors (Lipinski definition) is 0. The molecular formula is C26H33. The van der Waals surface area contributed by atoms with Gasteiger partial charge in [0.25, 0.3) is 0 Å². The van der Waals surface area contributed by atoms with Crippen LogP contribution in [0.2, 0.25) is 0 Å². The van der Waals surface area contributed by atoms with Crippen LogP contribution in [0.15, 0.2) is 18.2 Å². The second-order valence-electron chi connectivity index (χ2n) is 11.9. The van der Waals surface area contributed by atoms with Gasteiger partial charge in [-0.05, 0) is 141 Å². The predicted molar refractivity (Wildman–Crippen MR) is 105 cm³/mol. The maximum Gasteiger partial charge on any atom is -0.00328 e. The molecule has 0 atom stereocenters. The summed E-state index contributed by atoms with van der Waals surface area (Å²) in [6.07, 6.45) is 18.2. The third-order valence-corrected chi connectivity index (χ3v) is 10.0. The Balaban J connectivity index is 1.28.